The molecule has 0 radical (unpaired) electrons. The lowest BCUT2D eigenvalue weighted by atomic mass is 11.7. The number of nitrogens with zero attached hydrogens (tertiary/aromatic N) is 1. The van der Waals surface area contributed by atoms with Crippen LogP contribution in [-0.4, -0.2) is 32.2 Å². The van der Waals surface area contributed by atoms with E-state index in [1.807, 2.05) is 0 Å². The second-order valence-electron chi connectivity index (χ2n) is 1.88. The first kappa shape index (κ1) is 13.5. The van der Waals surface area contributed by atoms with Gasteiger partial charge in [0, 0.05) is 0 Å². The minimum absolute atomic E-state index is 0.530. The molecule has 4 N–H and O–H groups in total. The van der Waals surface area contributed by atoms with Gasteiger partial charge >= 0.3 is 7.60 Å². The molecule has 0 heterocycles. The molecule has 0 bridgehead atoms. The van der Waals surface area contributed by atoms with Gasteiger partial charge in [-0.25, -0.2) is 4.89 Å². The molecule has 2 atom stereocenters. The van der Waals surface area contributed by atoms with E-state index >= 15 is 0 Å². The third-order valence-electron chi connectivity index (χ3n) is 0.681. The number of rotatable bonds is 5. The fraction of sp³-hybridized carbons (Fsp3) is 1.00. The van der Waals surface area contributed by atoms with Gasteiger partial charge in [0.05, 0.1) is 0 Å². The van der Waals surface area contributed by atoms with Crippen molar-refractivity contribution in [2.75, 3.05) is 12.3 Å². The average Bonchev–Trinajstić information content (AvgIpc) is 1.81. The van der Waals surface area contributed by atoms with Gasteiger partial charge in [-0.05, 0) is 0 Å². The molecule has 2 unspecified atom stereocenters. The molecule has 0 amide bonds. The van der Waals surface area contributed by atoms with Gasteiger partial charge in [-0.3, -0.25) is 9.82 Å². The Labute approximate surface area is 75.7 Å². The van der Waals surface area contributed by atoms with Crippen LogP contribution in [0.4, 0.5) is 0 Å². The second kappa shape index (κ2) is 6.09. The first-order chi connectivity index (χ1) is 5.85. The summed E-state index contributed by atoms with van der Waals surface area (Å²) < 4.78 is 13.4. The fourth-order valence-electron chi connectivity index (χ4n) is 0.378. The molecule has 8 nitrogen and oxygen atoms in total. The molecular formula is C2H8NO7P3. The van der Waals surface area contributed by atoms with E-state index in [0.717, 1.165) is 0 Å². The normalized spacial score (nSPS) is 15.9. The molecule has 13 heavy (non-hydrogen) atoms. The Morgan fingerprint density at radius 3 is 2.54 bits per heavy atom. The largest absolute Gasteiger partial charge is 0.611 e. The molecule has 0 spiro atoms. The van der Waals surface area contributed by atoms with Gasteiger partial charge in [0.1, 0.15) is 0 Å². The van der Waals surface area contributed by atoms with Crippen LogP contribution in [0.2, 0.25) is 0 Å². The van der Waals surface area contributed by atoms with Gasteiger partial charge in [0.25, 0.3) is 0 Å². The highest BCUT2D eigenvalue weighted by atomic mass is 31.2. The predicted octanol–water partition coefficient (Wildman–Crippen LogP) is -0.186. The van der Waals surface area contributed by atoms with E-state index in [-0.39, 0.29) is 0 Å². The van der Waals surface area contributed by atoms with Crippen molar-refractivity contribution in [3.8, 4) is 0 Å². The third kappa shape index (κ3) is 8.84. The Bertz CT molecular complexity index is 224. The molecule has 0 aromatic carbocycles. The van der Waals surface area contributed by atoms with Crippen molar-refractivity contribution in [3.05, 3.63) is 0 Å². The first-order valence-electron chi connectivity index (χ1n) is 2.79. The zero-order valence-corrected chi connectivity index (χ0v) is 8.90. The molecule has 0 aromatic rings. The summed E-state index contributed by atoms with van der Waals surface area (Å²) in [6.45, 7) is 0. The minimum atomic E-state index is -4.38. The maximum atomic E-state index is 10.8. The Morgan fingerprint density at radius 1 is 1.62 bits per heavy atom. The summed E-state index contributed by atoms with van der Waals surface area (Å²) in [5, 5.41) is 7.83. The van der Waals surface area contributed by atoms with Crippen LogP contribution in [0.25, 0.3) is 0 Å². The van der Waals surface area contributed by atoms with Gasteiger partial charge in [-0.2, -0.15) is 0 Å². The number of hydrogen-bond donors (Lipinski definition) is 4. The summed E-state index contributed by atoms with van der Waals surface area (Å²) in [4.78, 5) is 39.7. The van der Waals surface area contributed by atoms with Crippen LogP contribution in [0.5, 0.6) is 0 Å². The second-order valence-corrected chi connectivity index (χ2v) is 6.76. The van der Waals surface area contributed by atoms with Crippen molar-refractivity contribution in [1.82, 2.24) is 0 Å². The maximum absolute atomic E-state index is 10.8. The Hall–Kier alpha value is 0.520. The molecule has 0 aliphatic carbocycles. The predicted molar refractivity (Wildman–Crippen MR) is 44.0 cm³/mol. The van der Waals surface area contributed by atoms with Crippen molar-refractivity contribution < 1.29 is 34.3 Å². The van der Waals surface area contributed by atoms with E-state index < -0.39 is 36.1 Å². The van der Waals surface area contributed by atoms with Crippen molar-refractivity contribution in [2.45, 2.75) is 0 Å². The van der Waals surface area contributed by atoms with Crippen molar-refractivity contribution in [1.29, 1.82) is 0 Å². The van der Waals surface area contributed by atoms with Crippen molar-refractivity contribution in [2.24, 2.45) is 4.52 Å². The summed E-state index contributed by atoms with van der Waals surface area (Å²) in [5.74, 6) is -0.910. The summed E-state index contributed by atoms with van der Waals surface area (Å²) in [7, 11) is -9.05. The summed E-state index contributed by atoms with van der Waals surface area (Å²) in [6, 6.07) is 0. The zero-order chi connectivity index (χ0) is 10.5. The van der Waals surface area contributed by atoms with E-state index in [2.05, 4.69) is 9.40 Å². The lowest BCUT2D eigenvalue weighted by Gasteiger charge is -2.01. The zero-order valence-electron chi connectivity index (χ0n) is 6.22. The Balaban J connectivity index is 4.09. The molecule has 0 aliphatic heterocycles. The van der Waals surface area contributed by atoms with Gasteiger partial charge in [-0.15, -0.1) is 0 Å². The Morgan fingerprint density at radius 2 is 2.15 bits per heavy atom. The van der Waals surface area contributed by atoms with E-state index in [1.54, 1.807) is 0 Å². The van der Waals surface area contributed by atoms with Gasteiger partial charge in [0.15, 0.2) is 14.3 Å². The minimum Gasteiger partial charge on any atom is -0.611 e. The molecule has 0 fully saturated rings. The monoisotopic (exact) mass is 251 g/mol. The molecule has 0 aliphatic rings. The van der Waals surface area contributed by atoms with Crippen LogP contribution in [-0.2, 0) is 9.45 Å². The van der Waals surface area contributed by atoms with E-state index in [9.17, 15) is 9.46 Å². The van der Waals surface area contributed by atoms with Crippen molar-refractivity contribution >= 4 is 23.8 Å². The quantitative estimate of drug-likeness (QED) is 0.301. The van der Waals surface area contributed by atoms with Gasteiger partial charge < -0.3 is 19.6 Å². The van der Waals surface area contributed by atoms with Crippen LogP contribution in [0.3, 0.4) is 0 Å². The standard InChI is InChI=1S/C2H8NO7P3/c4-10-1-11(5)3-12(6)2-13(7,8)9/h4-5H,1-2H2,(H2,7,8,9). The van der Waals surface area contributed by atoms with Crippen molar-refractivity contribution in [3.63, 3.8) is 0 Å². The highest BCUT2D eigenvalue weighted by molar-refractivity contribution is 7.67. The first-order valence-corrected chi connectivity index (χ1v) is 7.41. The van der Waals surface area contributed by atoms with E-state index in [1.165, 1.54) is 0 Å². The summed E-state index contributed by atoms with van der Waals surface area (Å²) >= 11 is 0. The molecule has 0 saturated carbocycles. The summed E-state index contributed by atoms with van der Waals surface area (Å²) in [6.07, 6.45) is -0.530. The Kier molecular flexibility index (Phi) is 6.33. The van der Waals surface area contributed by atoms with Crippen LogP contribution < -0.4 is 4.89 Å². The van der Waals surface area contributed by atoms with Gasteiger partial charge in [-0.1, -0.05) is 4.52 Å². The smallest absolute Gasteiger partial charge is 0.371 e. The van der Waals surface area contributed by atoms with Crippen LogP contribution in [0.15, 0.2) is 4.52 Å². The van der Waals surface area contributed by atoms with E-state index in [0.29, 0.717) is 0 Å². The third-order valence-corrected chi connectivity index (χ3v) is 5.09. The topological polar surface area (TPSA) is 143 Å². The molecule has 11 heteroatoms. The lowest BCUT2D eigenvalue weighted by Crippen LogP contribution is -1.93. The molecule has 78 valence electrons. The maximum Gasteiger partial charge on any atom is 0.371 e. The van der Waals surface area contributed by atoms with Crippen LogP contribution in [0, 0.1) is 0 Å². The van der Waals surface area contributed by atoms with Gasteiger partial charge in [0.2, 0.25) is 14.2 Å². The van der Waals surface area contributed by atoms with Crippen LogP contribution in [0.1, 0.15) is 0 Å². The van der Waals surface area contributed by atoms with E-state index in [4.69, 9.17) is 19.9 Å². The highest BCUT2D eigenvalue weighted by Gasteiger charge is 2.21. The lowest BCUT2D eigenvalue weighted by molar-refractivity contribution is -0.225. The number of hydrogen-bond acceptors (Lipinski definition) is 6. The average molecular weight is 251 g/mol. The fourth-order valence-corrected chi connectivity index (χ4v) is 3.61. The molecule has 0 saturated heterocycles. The highest BCUT2D eigenvalue weighted by Crippen LogP contribution is 2.47. The molecule has 0 aromatic heterocycles. The summed E-state index contributed by atoms with van der Waals surface area (Å²) in [5.41, 5.74) is 0. The SMILES string of the molecule is O=P(O)(O)C[P+]([O-])=NP(O)COO. The molecule has 0 rings (SSSR count). The molecular weight excluding hydrogens is 243 g/mol. The van der Waals surface area contributed by atoms with Crippen LogP contribution >= 0.6 is 23.8 Å².